The van der Waals surface area contributed by atoms with Gasteiger partial charge in [0.25, 0.3) is 0 Å². The van der Waals surface area contributed by atoms with E-state index in [4.69, 9.17) is 5.11 Å². The number of carbonyl (C=O) groups excluding carboxylic acids is 1. The van der Waals surface area contributed by atoms with Crippen LogP contribution < -0.4 is 0 Å². The van der Waals surface area contributed by atoms with Crippen LogP contribution in [0.15, 0.2) is 11.5 Å². The van der Waals surface area contributed by atoms with Crippen molar-refractivity contribution in [1.82, 2.24) is 0 Å². The van der Waals surface area contributed by atoms with Gasteiger partial charge in [-0.3, -0.25) is 0 Å². The Bertz CT molecular complexity index is 304. The first-order chi connectivity index (χ1) is 6.72. The maximum absolute atomic E-state index is 10.9. The minimum absolute atomic E-state index is 0.287. The van der Waals surface area contributed by atoms with Crippen molar-refractivity contribution in [3.05, 3.63) is 11.5 Å². The molecule has 0 aromatic rings. The van der Waals surface area contributed by atoms with Crippen LogP contribution in [-0.4, -0.2) is 65.7 Å². The topological polar surface area (TPSA) is 87.0 Å². The normalized spacial score (nSPS) is 24.3. The molecule has 6 nitrogen and oxygen atoms in total. The van der Waals surface area contributed by atoms with E-state index in [-0.39, 0.29) is 6.54 Å². The molecule has 1 aliphatic rings. The van der Waals surface area contributed by atoms with Gasteiger partial charge in [0.15, 0.2) is 11.9 Å². The van der Waals surface area contributed by atoms with Gasteiger partial charge in [-0.2, -0.15) is 0 Å². The summed E-state index contributed by atoms with van der Waals surface area (Å²) >= 11 is 0. The van der Waals surface area contributed by atoms with Gasteiger partial charge in [-0.1, -0.05) is 0 Å². The molecular weight excluding hydrogens is 202 g/mol. The molecule has 0 aliphatic carbocycles. The highest BCUT2D eigenvalue weighted by molar-refractivity contribution is 5.89. The Kier molecular flexibility index (Phi) is 2.92. The zero-order valence-electron chi connectivity index (χ0n) is 8.97. The molecule has 2 atom stereocenters. The summed E-state index contributed by atoms with van der Waals surface area (Å²) in [5, 5.41) is 28.0. The fraction of sp³-hybridized carbons (Fsp3) is 0.667. The molecule has 0 aromatic heterocycles. The van der Waals surface area contributed by atoms with E-state index in [1.807, 2.05) is 21.1 Å². The molecular formula is C9H16NO5+. The first kappa shape index (κ1) is 11.8. The van der Waals surface area contributed by atoms with Crippen LogP contribution in [0.2, 0.25) is 0 Å². The average molecular weight is 218 g/mol. The second kappa shape index (κ2) is 3.71. The Labute approximate surface area is 87.6 Å². The minimum Gasteiger partial charge on any atom is -0.505 e. The third kappa shape index (κ3) is 2.60. The number of nitrogens with zero attached hydrogens (tertiary/aromatic N) is 1. The van der Waals surface area contributed by atoms with Gasteiger partial charge >= 0.3 is 5.97 Å². The lowest BCUT2D eigenvalue weighted by molar-refractivity contribution is -0.874. The Morgan fingerprint density at radius 1 is 1.40 bits per heavy atom. The van der Waals surface area contributed by atoms with Gasteiger partial charge in [-0.25, -0.2) is 4.79 Å². The van der Waals surface area contributed by atoms with E-state index in [0.29, 0.717) is 4.48 Å². The van der Waals surface area contributed by atoms with E-state index >= 15 is 0 Å². The zero-order valence-corrected chi connectivity index (χ0v) is 8.97. The van der Waals surface area contributed by atoms with Crippen LogP contribution in [0.25, 0.3) is 0 Å². The Balaban J connectivity index is 2.72. The van der Waals surface area contributed by atoms with Gasteiger partial charge in [0.1, 0.15) is 12.6 Å². The fourth-order valence-corrected chi connectivity index (χ4v) is 1.38. The Morgan fingerprint density at radius 2 is 1.93 bits per heavy atom. The molecule has 0 saturated heterocycles. The van der Waals surface area contributed by atoms with Crippen molar-refractivity contribution in [3.8, 4) is 0 Å². The van der Waals surface area contributed by atoms with E-state index < -0.39 is 29.7 Å². The van der Waals surface area contributed by atoms with Gasteiger partial charge in [0.2, 0.25) is 5.76 Å². The maximum Gasteiger partial charge on any atom is 0.377 e. The van der Waals surface area contributed by atoms with Gasteiger partial charge in [0.05, 0.1) is 21.1 Å². The number of aliphatic hydroxyl groups excluding tert-OH is 3. The lowest BCUT2D eigenvalue weighted by Crippen LogP contribution is -2.46. The van der Waals surface area contributed by atoms with Crippen LogP contribution in [0.4, 0.5) is 0 Å². The van der Waals surface area contributed by atoms with Crippen molar-refractivity contribution in [1.29, 1.82) is 0 Å². The maximum atomic E-state index is 10.9. The van der Waals surface area contributed by atoms with Crippen molar-refractivity contribution in [3.63, 3.8) is 0 Å². The summed E-state index contributed by atoms with van der Waals surface area (Å²) < 4.78 is 5.07. The number of hydrogen-bond acceptors (Lipinski definition) is 5. The molecule has 15 heavy (non-hydrogen) atoms. The van der Waals surface area contributed by atoms with Crippen LogP contribution in [0.3, 0.4) is 0 Å². The summed E-state index contributed by atoms with van der Waals surface area (Å²) in [7, 11) is 5.54. The second-order valence-electron chi connectivity index (χ2n) is 4.60. The molecule has 3 N–H and O–H groups in total. The number of rotatable bonds is 3. The van der Waals surface area contributed by atoms with E-state index in [9.17, 15) is 15.0 Å². The molecule has 6 heteroatoms. The van der Waals surface area contributed by atoms with Crippen molar-refractivity contribution in [2.45, 2.75) is 12.2 Å². The number of quaternary nitrogens is 1. The summed E-state index contributed by atoms with van der Waals surface area (Å²) in [5.74, 6) is -2.42. The summed E-state index contributed by atoms with van der Waals surface area (Å²) in [6.07, 6.45) is -2.20. The highest BCUT2D eigenvalue weighted by Gasteiger charge is 2.40. The van der Waals surface area contributed by atoms with E-state index in [1.54, 1.807) is 0 Å². The summed E-state index contributed by atoms with van der Waals surface area (Å²) in [4.78, 5) is 10.9. The molecule has 0 bridgehead atoms. The van der Waals surface area contributed by atoms with Crippen LogP contribution in [0.5, 0.6) is 0 Å². The molecule has 0 amide bonds. The molecule has 0 radical (unpaired) electrons. The molecule has 1 aliphatic heterocycles. The van der Waals surface area contributed by atoms with Crippen LogP contribution >= 0.6 is 0 Å². The van der Waals surface area contributed by atoms with E-state index in [2.05, 4.69) is 4.74 Å². The Hall–Kier alpha value is -1.27. The van der Waals surface area contributed by atoms with E-state index in [1.165, 1.54) is 0 Å². The molecule has 2 unspecified atom stereocenters. The first-order valence-corrected chi connectivity index (χ1v) is 4.54. The minimum atomic E-state index is -1.16. The standard InChI is InChI=1S/C9H15NO5/c1-10(2,3)4-5(11)8-6(12)7(13)9(14)15-8/h5,8,11H,4H2,1-3H3,(H-,12,13,14)/p+1. The monoisotopic (exact) mass is 218 g/mol. The van der Waals surface area contributed by atoms with Gasteiger partial charge in [-0.15, -0.1) is 0 Å². The number of hydrogen-bond donors (Lipinski definition) is 3. The largest absolute Gasteiger partial charge is 0.505 e. The lowest BCUT2D eigenvalue weighted by Gasteiger charge is -2.28. The third-order valence-electron chi connectivity index (χ3n) is 2.02. The van der Waals surface area contributed by atoms with Crippen molar-refractivity contribution in [2.75, 3.05) is 27.7 Å². The number of likely N-dealkylation sites (N-methyl/N-ethyl adjacent to an activating group) is 1. The number of ether oxygens (including phenoxy) is 1. The lowest BCUT2D eigenvalue weighted by atomic mass is 10.1. The molecule has 1 heterocycles. The number of esters is 1. The van der Waals surface area contributed by atoms with Crippen LogP contribution in [-0.2, 0) is 9.53 Å². The number of aliphatic hydroxyl groups is 3. The van der Waals surface area contributed by atoms with Crippen molar-refractivity contribution < 1.29 is 29.3 Å². The highest BCUT2D eigenvalue weighted by Crippen LogP contribution is 2.22. The first-order valence-electron chi connectivity index (χ1n) is 4.54. The zero-order chi connectivity index (χ0) is 11.8. The summed E-state index contributed by atoms with van der Waals surface area (Å²) in [6, 6.07) is 0. The van der Waals surface area contributed by atoms with Gasteiger partial charge in [-0.05, 0) is 0 Å². The number of cyclic esters (lactones) is 1. The smallest absolute Gasteiger partial charge is 0.377 e. The van der Waals surface area contributed by atoms with Crippen LogP contribution in [0.1, 0.15) is 0 Å². The van der Waals surface area contributed by atoms with Crippen molar-refractivity contribution >= 4 is 5.97 Å². The van der Waals surface area contributed by atoms with Crippen molar-refractivity contribution in [2.24, 2.45) is 0 Å². The quantitative estimate of drug-likeness (QED) is 0.431. The third-order valence-corrected chi connectivity index (χ3v) is 2.02. The van der Waals surface area contributed by atoms with Crippen LogP contribution in [0, 0.1) is 0 Å². The summed E-state index contributed by atoms with van der Waals surface area (Å²) in [6.45, 7) is 0.287. The second-order valence-corrected chi connectivity index (χ2v) is 4.60. The van der Waals surface area contributed by atoms with E-state index in [0.717, 1.165) is 0 Å². The predicted molar refractivity (Wildman–Crippen MR) is 51.1 cm³/mol. The fourth-order valence-electron chi connectivity index (χ4n) is 1.38. The number of carbonyl (C=O) groups is 1. The molecule has 86 valence electrons. The molecule has 1 rings (SSSR count). The van der Waals surface area contributed by atoms with Gasteiger partial charge < -0.3 is 24.5 Å². The predicted octanol–water partition coefficient (Wildman–Crippen LogP) is -0.693. The molecule has 0 saturated carbocycles. The summed E-state index contributed by atoms with van der Waals surface area (Å²) in [5.41, 5.74) is 0. The van der Waals surface area contributed by atoms with Gasteiger partial charge in [0, 0.05) is 0 Å². The molecule has 0 aromatic carbocycles. The Morgan fingerprint density at radius 3 is 2.27 bits per heavy atom. The average Bonchev–Trinajstić information content (AvgIpc) is 2.30. The highest BCUT2D eigenvalue weighted by atomic mass is 16.6. The SMILES string of the molecule is C[N+](C)(C)CC(O)C1OC(=O)C(O)=C1O. The molecule has 0 spiro atoms. The molecule has 0 fully saturated rings.